The van der Waals surface area contributed by atoms with Crippen molar-refractivity contribution in [3.8, 4) is 17.2 Å². The first-order valence-electron chi connectivity index (χ1n) is 12.3. The van der Waals surface area contributed by atoms with Crippen molar-refractivity contribution in [2.75, 3.05) is 13.1 Å². The van der Waals surface area contributed by atoms with E-state index in [1.807, 2.05) is 19.9 Å². The van der Waals surface area contributed by atoms with E-state index in [1.165, 1.54) is 16.6 Å². The molecule has 39 heavy (non-hydrogen) atoms. The van der Waals surface area contributed by atoms with Gasteiger partial charge in [0.2, 0.25) is 10.0 Å². The van der Waals surface area contributed by atoms with Gasteiger partial charge in [0.25, 0.3) is 11.6 Å². The van der Waals surface area contributed by atoms with Gasteiger partial charge in [0, 0.05) is 47.9 Å². The van der Waals surface area contributed by atoms with Gasteiger partial charge in [-0.25, -0.2) is 8.42 Å². The SMILES string of the molecule is CC1CN(S(=O)(=O)c2ccc3cc(Cl)ccc3c2)CC(C)N1C(=O)c1ccc(-c2cc[n+]([O-])c(C#N)c2)cc1. The molecule has 3 aromatic carbocycles. The number of nitriles is 1. The highest BCUT2D eigenvalue weighted by atomic mass is 35.5. The summed E-state index contributed by atoms with van der Waals surface area (Å²) in [6.45, 7) is 4.04. The Morgan fingerprint density at radius 2 is 1.59 bits per heavy atom. The van der Waals surface area contributed by atoms with Crippen molar-refractivity contribution >= 4 is 38.3 Å². The van der Waals surface area contributed by atoms with Gasteiger partial charge < -0.3 is 10.1 Å². The normalized spacial score (nSPS) is 18.2. The quantitative estimate of drug-likeness (QED) is 0.268. The maximum absolute atomic E-state index is 13.5. The molecule has 2 atom stereocenters. The standard InChI is InChI=1S/C29H25ClN4O4S/c1-19-17-32(39(37,38)28-10-8-23-13-26(30)9-7-24(23)15-28)18-20(2)34(19)29(35)22-5-3-21(4-6-22)25-11-12-33(36)27(14-25)16-31/h3-15,19-20H,17-18H2,1-2H3. The van der Waals surface area contributed by atoms with Crippen LogP contribution in [0.5, 0.6) is 0 Å². The predicted octanol–water partition coefficient (Wildman–Crippen LogP) is 4.59. The lowest BCUT2D eigenvalue weighted by atomic mass is 10.0. The number of pyridine rings is 1. The molecule has 1 fully saturated rings. The average Bonchev–Trinajstić information content (AvgIpc) is 2.92. The lowest BCUT2D eigenvalue weighted by molar-refractivity contribution is -0.608. The van der Waals surface area contributed by atoms with Crippen molar-refractivity contribution in [2.45, 2.75) is 30.8 Å². The van der Waals surface area contributed by atoms with Crippen molar-refractivity contribution in [3.63, 3.8) is 0 Å². The first-order chi connectivity index (χ1) is 18.6. The molecule has 1 aromatic heterocycles. The first kappa shape index (κ1) is 26.6. The van der Waals surface area contributed by atoms with E-state index in [2.05, 4.69) is 0 Å². The van der Waals surface area contributed by atoms with Crippen LogP contribution in [0.2, 0.25) is 5.02 Å². The van der Waals surface area contributed by atoms with Crippen LogP contribution in [-0.4, -0.2) is 48.7 Å². The minimum Gasteiger partial charge on any atom is -0.618 e. The van der Waals surface area contributed by atoms with Crippen molar-refractivity contribution in [1.82, 2.24) is 9.21 Å². The number of amides is 1. The van der Waals surface area contributed by atoms with Crippen LogP contribution < -0.4 is 4.73 Å². The van der Waals surface area contributed by atoms with Crippen LogP contribution in [0.15, 0.2) is 83.9 Å². The number of carbonyl (C=O) groups is 1. The number of hydrogen-bond acceptors (Lipinski definition) is 5. The third kappa shape index (κ3) is 5.06. The number of piperazine rings is 1. The van der Waals surface area contributed by atoms with Crippen molar-refractivity contribution in [1.29, 1.82) is 5.26 Å². The second-order valence-corrected chi connectivity index (χ2v) is 12.1. The number of carbonyl (C=O) groups excluding carboxylic acids is 1. The summed E-state index contributed by atoms with van der Waals surface area (Å²) in [4.78, 5) is 15.4. The monoisotopic (exact) mass is 560 g/mol. The molecule has 10 heteroatoms. The molecule has 0 N–H and O–H groups in total. The van der Waals surface area contributed by atoms with Crippen molar-refractivity contribution in [2.24, 2.45) is 0 Å². The fourth-order valence-corrected chi connectivity index (χ4v) is 6.90. The largest absolute Gasteiger partial charge is 0.618 e. The van der Waals surface area contributed by atoms with Gasteiger partial charge in [-0.1, -0.05) is 35.9 Å². The lowest BCUT2D eigenvalue weighted by Crippen LogP contribution is -2.59. The molecule has 1 amide bonds. The van der Waals surface area contributed by atoms with Gasteiger partial charge in [-0.05, 0) is 72.1 Å². The Balaban J connectivity index is 1.34. The molecule has 0 saturated carbocycles. The van der Waals surface area contributed by atoms with Crippen LogP contribution >= 0.6 is 11.6 Å². The molecule has 2 heterocycles. The third-order valence-electron chi connectivity index (χ3n) is 7.03. The zero-order valence-electron chi connectivity index (χ0n) is 21.3. The topological polar surface area (TPSA) is 108 Å². The molecule has 4 aromatic rings. The van der Waals surface area contributed by atoms with Crippen LogP contribution in [0.4, 0.5) is 0 Å². The van der Waals surface area contributed by atoms with Gasteiger partial charge >= 0.3 is 0 Å². The Morgan fingerprint density at radius 3 is 2.26 bits per heavy atom. The van der Waals surface area contributed by atoms with E-state index < -0.39 is 10.0 Å². The molecule has 5 rings (SSSR count). The molecule has 0 spiro atoms. The van der Waals surface area contributed by atoms with Crippen LogP contribution in [0.25, 0.3) is 21.9 Å². The predicted molar refractivity (Wildman–Crippen MR) is 148 cm³/mol. The van der Waals surface area contributed by atoms with Gasteiger partial charge in [-0.15, -0.1) is 0 Å². The van der Waals surface area contributed by atoms with E-state index in [4.69, 9.17) is 16.9 Å². The molecule has 8 nitrogen and oxygen atoms in total. The molecular weight excluding hydrogens is 536 g/mol. The zero-order valence-corrected chi connectivity index (χ0v) is 22.9. The number of hydrogen-bond donors (Lipinski definition) is 0. The van der Waals surface area contributed by atoms with E-state index in [0.717, 1.165) is 16.3 Å². The zero-order chi connectivity index (χ0) is 27.9. The minimum atomic E-state index is -3.77. The number of rotatable bonds is 4. The van der Waals surface area contributed by atoms with Crippen molar-refractivity contribution < 1.29 is 17.9 Å². The van der Waals surface area contributed by atoms with Gasteiger partial charge in [-0.3, -0.25) is 4.79 Å². The summed E-state index contributed by atoms with van der Waals surface area (Å²) in [5.74, 6) is -0.190. The smallest absolute Gasteiger partial charge is 0.295 e. The first-order valence-corrected chi connectivity index (χ1v) is 14.2. The van der Waals surface area contributed by atoms with E-state index in [1.54, 1.807) is 71.6 Å². The summed E-state index contributed by atoms with van der Waals surface area (Å²) in [5, 5.41) is 23.0. The molecule has 1 saturated heterocycles. The summed E-state index contributed by atoms with van der Waals surface area (Å²) >= 11 is 6.06. The molecular formula is C29H25ClN4O4S. The Kier molecular flexibility index (Phi) is 7.03. The van der Waals surface area contributed by atoms with Crippen molar-refractivity contribution in [3.05, 3.63) is 100 Å². The molecule has 1 aliphatic heterocycles. The summed E-state index contributed by atoms with van der Waals surface area (Å²) < 4.78 is 29.0. The number of aromatic nitrogens is 1. The Bertz CT molecular complexity index is 1720. The molecule has 2 unspecified atom stereocenters. The number of fused-ring (bicyclic) bond motifs is 1. The van der Waals surface area contributed by atoms with Gasteiger partial charge in [0.15, 0.2) is 12.3 Å². The minimum absolute atomic E-state index is 0.0174. The molecule has 198 valence electrons. The second kappa shape index (κ2) is 10.3. The summed E-state index contributed by atoms with van der Waals surface area (Å²) in [6, 6.07) is 21.5. The van der Waals surface area contributed by atoms with Crippen LogP contribution in [-0.2, 0) is 10.0 Å². The van der Waals surface area contributed by atoms with E-state index in [0.29, 0.717) is 20.9 Å². The maximum atomic E-state index is 13.5. The summed E-state index contributed by atoms with van der Waals surface area (Å²) in [5.41, 5.74) is 1.90. The van der Waals surface area contributed by atoms with E-state index in [-0.39, 0.29) is 41.7 Å². The number of sulfonamides is 1. The second-order valence-electron chi connectivity index (χ2n) is 9.70. The van der Waals surface area contributed by atoms with Crippen LogP contribution in [0.3, 0.4) is 0 Å². The molecule has 0 aliphatic carbocycles. The number of halogens is 1. The van der Waals surface area contributed by atoms with Gasteiger partial charge in [0.05, 0.1) is 4.90 Å². The number of nitrogens with zero attached hydrogens (tertiary/aromatic N) is 4. The fraction of sp³-hybridized carbons (Fsp3) is 0.207. The van der Waals surface area contributed by atoms with Gasteiger partial charge in [-0.2, -0.15) is 14.3 Å². The van der Waals surface area contributed by atoms with E-state index >= 15 is 0 Å². The average molecular weight is 561 g/mol. The Morgan fingerprint density at radius 1 is 0.949 bits per heavy atom. The highest BCUT2D eigenvalue weighted by Crippen LogP contribution is 2.28. The fourth-order valence-electron chi connectivity index (χ4n) is 5.08. The molecule has 1 aliphatic rings. The lowest BCUT2D eigenvalue weighted by Gasteiger charge is -2.43. The van der Waals surface area contributed by atoms with Gasteiger partial charge in [0.1, 0.15) is 0 Å². The molecule has 0 bridgehead atoms. The Hall–Kier alpha value is -3.97. The highest BCUT2D eigenvalue weighted by Gasteiger charge is 2.38. The summed E-state index contributed by atoms with van der Waals surface area (Å²) in [7, 11) is -3.77. The van der Waals surface area contributed by atoms with E-state index in [9.17, 15) is 18.4 Å². The summed E-state index contributed by atoms with van der Waals surface area (Å²) in [6.07, 6.45) is 1.28. The van der Waals surface area contributed by atoms with Crippen LogP contribution in [0.1, 0.15) is 29.9 Å². The maximum Gasteiger partial charge on any atom is 0.295 e. The van der Waals surface area contributed by atoms with Crippen LogP contribution in [0, 0.1) is 16.5 Å². The third-order valence-corrected chi connectivity index (χ3v) is 9.09. The Labute approximate surface area is 231 Å². The highest BCUT2D eigenvalue weighted by molar-refractivity contribution is 7.89. The molecule has 0 radical (unpaired) electrons. The number of benzene rings is 3.